The quantitative estimate of drug-likeness (QED) is 0.920. The van der Waals surface area contributed by atoms with Crippen molar-refractivity contribution in [3.05, 3.63) is 35.5 Å². The molecule has 0 amide bonds. The highest BCUT2D eigenvalue weighted by Crippen LogP contribution is 2.49. The Balaban J connectivity index is 1.98. The van der Waals surface area contributed by atoms with Gasteiger partial charge in [-0.15, -0.1) is 0 Å². The summed E-state index contributed by atoms with van der Waals surface area (Å²) in [5, 5.41) is 11.1. The number of aryl methyl sites for hydroxylation is 1. The fraction of sp³-hybridized carbons (Fsp3) is 0.556. The van der Waals surface area contributed by atoms with Crippen molar-refractivity contribution in [3.8, 4) is 0 Å². The first-order valence-corrected chi connectivity index (χ1v) is 8.04. The maximum absolute atomic E-state index is 9.72. The van der Waals surface area contributed by atoms with E-state index >= 15 is 0 Å². The predicted molar refractivity (Wildman–Crippen MR) is 86.9 cm³/mol. The number of likely N-dealkylation sites (N-methyl/N-ethyl adjacent to an activating group) is 1. The first-order valence-electron chi connectivity index (χ1n) is 8.04. The fourth-order valence-electron chi connectivity index (χ4n) is 4.84. The number of piperidine rings is 1. The zero-order valence-corrected chi connectivity index (χ0v) is 13.5. The molecule has 4 rings (SSSR count). The molecule has 1 fully saturated rings. The smallest absolute Gasteiger partial charge is 0.110 e. The van der Waals surface area contributed by atoms with Gasteiger partial charge in [-0.25, -0.2) is 0 Å². The lowest BCUT2D eigenvalue weighted by Gasteiger charge is -2.52. The predicted octanol–water partition coefficient (Wildman–Crippen LogP) is 1.89. The van der Waals surface area contributed by atoms with Gasteiger partial charge in [-0.3, -0.25) is 4.90 Å². The summed E-state index contributed by atoms with van der Waals surface area (Å²) in [4.78, 5) is 2.38. The molecule has 0 saturated carbocycles. The van der Waals surface area contributed by atoms with Crippen LogP contribution in [-0.2, 0) is 23.8 Å². The molecule has 1 saturated heterocycles. The van der Waals surface area contributed by atoms with Crippen molar-refractivity contribution in [2.24, 2.45) is 13.0 Å². The van der Waals surface area contributed by atoms with E-state index in [9.17, 15) is 5.11 Å². The maximum atomic E-state index is 9.72. The Kier molecular flexibility index (Phi) is 3.12. The lowest BCUT2D eigenvalue weighted by Crippen LogP contribution is -2.59. The summed E-state index contributed by atoms with van der Waals surface area (Å²) in [5.41, 5.74) is 3.68. The Hall–Kier alpha value is -1.36. The van der Waals surface area contributed by atoms with Crippen LogP contribution in [0.3, 0.4) is 0 Å². The molecule has 0 radical (unpaired) electrons. The van der Waals surface area contributed by atoms with E-state index in [0.29, 0.717) is 6.04 Å². The molecule has 4 heteroatoms. The molecule has 22 heavy (non-hydrogen) atoms. The van der Waals surface area contributed by atoms with E-state index in [-0.39, 0.29) is 18.1 Å². The SMILES string of the molecule is CO[C@]12C[C@@H](CO)CN(C)[C@@H]1Cc1cn(C)c3cccc2c13. The Labute approximate surface area is 131 Å². The normalized spacial score (nSPS) is 31.5. The molecule has 118 valence electrons. The number of aromatic nitrogens is 1. The average molecular weight is 300 g/mol. The van der Waals surface area contributed by atoms with Gasteiger partial charge in [0, 0.05) is 50.5 Å². The third-order valence-corrected chi connectivity index (χ3v) is 5.79. The number of benzene rings is 1. The molecule has 1 N–H and O–H groups in total. The standard InChI is InChI=1S/C18H24N2O2/c1-19-10-13-7-16-18(22-3,8-12(11-21)9-20(16)2)14-5-4-6-15(19)17(13)14/h4-6,10,12,16,21H,7-9,11H2,1-3H3/t12-,16-,18+/m1/s1. The van der Waals surface area contributed by atoms with E-state index in [2.05, 4.69) is 48.0 Å². The van der Waals surface area contributed by atoms with Gasteiger partial charge in [0.25, 0.3) is 0 Å². The maximum Gasteiger partial charge on any atom is 0.110 e. The zero-order chi connectivity index (χ0) is 15.5. The summed E-state index contributed by atoms with van der Waals surface area (Å²) in [6, 6.07) is 6.87. The van der Waals surface area contributed by atoms with Gasteiger partial charge >= 0.3 is 0 Å². The monoisotopic (exact) mass is 300 g/mol. The minimum absolute atomic E-state index is 0.222. The highest BCUT2D eigenvalue weighted by molar-refractivity contribution is 5.89. The number of hydrogen-bond acceptors (Lipinski definition) is 3. The summed E-state index contributed by atoms with van der Waals surface area (Å²) in [6.45, 7) is 1.16. The summed E-state index contributed by atoms with van der Waals surface area (Å²) in [5.74, 6) is 0.265. The molecular formula is C18H24N2O2. The van der Waals surface area contributed by atoms with Crippen LogP contribution in [0, 0.1) is 5.92 Å². The summed E-state index contributed by atoms with van der Waals surface area (Å²) >= 11 is 0. The topological polar surface area (TPSA) is 37.6 Å². The second-order valence-corrected chi connectivity index (χ2v) is 6.97. The average Bonchev–Trinajstić information content (AvgIpc) is 2.86. The van der Waals surface area contributed by atoms with Crippen molar-refractivity contribution in [3.63, 3.8) is 0 Å². The molecular weight excluding hydrogens is 276 g/mol. The number of aliphatic hydroxyl groups excluding tert-OH is 1. The lowest BCUT2D eigenvalue weighted by atomic mass is 9.69. The van der Waals surface area contributed by atoms with Crippen molar-refractivity contribution >= 4 is 10.9 Å². The molecule has 0 unspecified atom stereocenters. The van der Waals surface area contributed by atoms with Crippen LogP contribution in [0.1, 0.15) is 17.5 Å². The van der Waals surface area contributed by atoms with Crippen LogP contribution in [0.15, 0.2) is 24.4 Å². The summed E-state index contributed by atoms with van der Waals surface area (Å²) < 4.78 is 8.40. The third-order valence-electron chi connectivity index (χ3n) is 5.79. The minimum Gasteiger partial charge on any atom is -0.396 e. The molecule has 1 aliphatic heterocycles. The van der Waals surface area contributed by atoms with Gasteiger partial charge in [0.2, 0.25) is 0 Å². The van der Waals surface area contributed by atoms with Crippen LogP contribution >= 0.6 is 0 Å². The Bertz CT molecular complexity index is 723. The van der Waals surface area contributed by atoms with E-state index < -0.39 is 0 Å². The third kappa shape index (κ3) is 1.69. The molecule has 0 bridgehead atoms. The van der Waals surface area contributed by atoms with Crippen molar-refractivity contribution < 1.29 is 9.84 Å². The van der Waals surface area contributed by atoms with E-state index in [1.54, 1.807) is 0 Å². The van der Waals surface area contributed by atoms with Crippen LogP contribution in [0.5, 0.6) is 0 Å². The Morgan fingerprint density at radius 1 is 1.36 bits per heavy atom. The van der Waals surface area contributed by atoms with E-state index in [1.807, 2.05) is 7.11 Å². The van der Waals surface area contributed by atoms with Crippen LogP contribution < -0.4 is 0 Å². The first-order chi connectivity index (χ1) is 10.6. The molecule has 1 aromatic heterocycles. The molecule has 1 aliphatic carbocycles. The summed E-state index contributed by atoms with van der Waals surface area (Å²) in [6.07, 6.45) is 4.17. The van der Waals surface area contributed by atoms with Crippen LogP contribution in [0.25, 0.3) is 10.9 Å². The molecule has 0 spiro atoms. The van der Waals surface area contributed by atoms with Gasteiger partial charge < -0.3 is 14.4 Å². The number of aliphatic hydroxyl groups is 1. The highest BCUT2D eigenvalue weighted by atomic mass is 16.5. The van der Waals surface area contributed by atoms with Gasteiger partial charge in [-0.2, -0.15) is 0 Å². The van der Waals surface area contributed by atoms with Gasteiger partial charge in [0.05, 0.1) is 0 Å². The van der Waals surface area contributed by atoms with E-state index in [1.165, 1.54) is 22.0 Å². The highest BCUT2D eigenvalue weighted by Gasteiger charge is 2.51. The number of hydrogen-bond donors (Lipinski definition) is 1. The molecule has 2 aromatic rings. The van der Waals surface area contributed by atoms with Crippen LogP contribution in [-0.4, -0.2) is 47.9 Å². The summed E-state index contributed by atoms with van der Waals surface area (Å²) in [7, 11) is 6.10. The van der Waals surface area contributed by atoms with Crippen LogP contribution in [0.4, 0.5) is 0 Å². The zero-order valence-electron chi connectivity index (χ0n) is 13.5. The van der Waals surface area contributed by atoms with Gasteiger partial charge in [-0.05, 0) is 43.0 Å². The molecule has 3 atom stereocenters. The van der Waals surface area contributed by atoms with Crippen molar-refractivity contribution in [1.29, 1.82) is 0 Å². The number of nitrogens with zero attached hydrogens (tertiary/aromatic N) is 2. The number of rotatable bonds is 2. The van der Waals surface area contributed by atoms with E-state index in [0.717, 1.165) is 19.4 Å². The second kappa shape index (κ2) is 4.82. The van der Waals surface area contributed by atoms with Crippen molar-refractivity contribution in [1.82, 2.24) is 9.47 Å². The number of fused-ring (bicyclic) bond motifs is 2. The van der Waals surface area contributed by atoms with Gasteiger partial charge in [0.1, 0.15) is 5.60 Å². The minimum atomic E-state index is -0.311. The van der Waals surface area contributed by atoms with Crippen molar-refractivity contribution in [2.75, 3.05) is 27.3 Å². The molecule has 2 heterocycles. The second-order valence-electron chi connectivity index (χ2n) is 6.97. The van der Waals surface area contributed by atoms with Crippen LogP contribution in [0.2, 0.25) is 0 Å². The molecule has 4 nitrogen and oxygen atoms in total. The lowest BCUT2D eigenvalue weighted by molar-refractivity contribution is -0.130. The first kappa shape index (κ1) is 14.2. The van der Waals surface area contributed by atoms with Gasteiger partial charge in [-0.1, -0.05) is 12.1 Å². The van der Waals surface area contributed by atoms with Crippen molar-refractivity contribution in [2.45, 2.75) is 24.5 Å². The Morgan fingerprint density at radius 2 is 2.18 bits per heavy atom. The number of likely N-dealkylation sites (tertiary alicyclic amines) is 1. The Morgan fingerprint density at radius 3 is 2.91 bits per heavy atom. The van der Waals surface area contributed by atoms with E-state index in [4.69, 9.17) is 4.74 Å². The number of ether oxygens (including phenoxy) is 1. The molecule has 2 aliphatic rings. The molecule has 1 aromatic carbocycles. The largest absolute Gasteiger partial charge is 0.396 e. The van der Waals surface area contributed by atoms with Gasteiger partial charge in [0.15, 0.2) is 0 Å². The number of methoxy groups -OCH3 is 1. The fourth-order valence-corrected chi connectivity index (χ4v) is 4.84.